The summed E-state index contributed by atoms with van der Waals surface area (Å²) in [7, 11) is -2.12. The van der Waals surface area contributed by atoms with Crippen LogP contribution in [0.25, 0.3) is 0 Å². The lowest BCUT2D eigenvalue weighted by Crippen LogP contribution is -2.31. The molecule has 0 aliphatic rings. The second-order valence-electron chi connectivity index (χ2n) is 4.66. The van der Waals surface area contributed by atoms with Crippen molar-refractivity contribution >= 4 is 15.8 Å². The lowest BCUT2D eigenvalue weighted by molar-refractivity contribution is 0.507. The molecule has 0 atom stereocenters. The maximum absolute atomic E-state index is 12.8. The van der Waals surface area contributed by atoms with Crippen molar-refractivity contribution in [3.63, 3.8) is 0 Å². The molecule has 0 saturated heterocycles. The lowest BCUT2D eigenvalue weighted by atomic mass is 10.4. The summed E-state index contributed by atoms with van der Waals surface area (Å²) in [6.07, 6.45) is 5.93. The maximum Gasteiger partial charge on any atom is 0.284 e. The number of pyridine rings is 1. The minimum atomic E-state index is -3.83. The van der Waals surface area contributed by atoms with Crippen molar-refractivity contribution in [2.24, 2.45) is 7.05 Å². The number of rotatable bonds is 5. The molecular formula is C14H14N4O3S. The standard InChI is InChI=1S/C14H14N4O3S/c1-17-10-14(16-11-17)22(19,20)18(9-12-5-4-8-21-12)13-6-2-3-7-15-13/h2-8,10-11H,9H2,1H3. The Morgan fingerprint density at radius 3 is 2.68 bits per heavy atom. The van der Waals surface area contributed by atoms with Crippen LogP contribution in [0.2, 0.25) is 0 Å². The Balaban J connectivity index is 2.05. The summed E-state index contributed by atoms with van der Waals surface area (Å²) < 4.78 is 33.7. The van der Waals surface area contributed by atoms with Gasteiger partial charge in [-0.05, 0) is 24.3 Å². The molecule has 7 nitrogen and oxygen atoms in total. The van der Waals surface area contributed by atoms with Gasteiger partial charge in [-0.15, -0.1) is 0 Å². The number of furan rings is 1. The molecule has 3 aromatic heterocycles. The molecule has 0 saturated carbocycles. The first kappa shape index (κ1) is 14.3. The van der Waals surface area contributed by atoms with Crippen LogP contribution in [0, 0.1) is 0 Å². The molecule has 3 heterocycles. The van der Waals surface area contributed by atoms with E-state index in [9.17, 15) is 8.42 Å². The fourth-order valence-corrected chi connectivity index (χ4v) is 3.33. The number of hydrogen-bond donors (Lipinski definition) is 0. The number of hydrogen-bond acceptors (Lipinski definition) is 5. The molecule has 0 aliphatic heterocycles. The summed E-state index contributed by atoms with van der Waals surface area (Å²) in [4.78, 5) is 8.07. The molecule has 3 aromatic rings. The van der Waals surface area contributed by atoms with E-state index in [1.807, 2.05) is 0 Å². The Kier molecular flexibility index (Phi) is 3.68. The Hall–Kier alpha value is -2.61. The summed E-state index contributed by atoms with van der Waals surface area (Å²) in [6, 6.07) is 8.50. The van der Waals surface area contributed by atoms with Gasteiger partial charge in [0.25, 0.3) is 10.0 Å². The first-order valence-corrected chi connectivity index (χ1v) is 7.95. The highest BCUT2D eigenvalue weighted by Gasteiger charge is 2.28. The second-order valence-corrected chi connectivity index (χ2v) is 6.47. The van der Waals surface area contributed by atoms with Crippen molar-refractivity contribution in [1.29, 1.82) is 0 Å². The second kappa shape index (κ2) is 5.64. The quantitative estimate of drug-likeness (QED) is 0.716. The molecule has 0 fully saturated rings. The molecule has 0 radical (unpaired) electrons. The van der Waals surface area contributed by atoms with Crippen LogP contribution in [0.5, 0.6) is 0 Å². The van der Waals surface area contributed by atoms with Gasteiger partial charge in [0.2, 0.25) is 0 Å². The highest BCUT2D eigenvalue weighted by atomic mass is 32.2. The van der Waals surface area contributed by atoms with Gasteiger partial charge in [-0.25, -0.2) is 14.3 Å². The van der Waals surface area contributed by atoms with E-state index in [1.54, 1.807) is 48.1 Å². The zero-order valence-electron chi connectivity index (χ0n) is 11.8. The normalized spacial score (nSPS) is 11.5. The summed E-state index contributed by atoms with van der Waals surface area (Å²) in [5, 5.41) is -0.0350. The predicted octanol–water partition coefficient (Wildman–Crippen LogP) is 1.80. The van der Waals surface area contributed by atoms with E-state index in [0.717, 1.165) is 0 Å². The van der Waals surface area contributed by atoms with Gasteiger partial charge in [0.1, 0.15) is 11.6 Å². The molecule has 3 rings (SSSR count). The van der Waals surface area contributed by atoms with Gasteiger partial charge < -0.3 is 8.98 Å². The van der Waals surface area contributed by atoms with Crippen LogP contribution in [0.3, 0.4) is 0 Å². The number of sulfonamides is 1. The van der Waals surface area contributed by atoms with E-state index in [-0.39, 0.29) is 11.6 Å². The van der Waals surface area contributed by atoms with Crippen molar-refractivity contribution in [2.75, 3.05) is 4.31 Å². The minimum absolute atomic E-state index is 0.0350. The SMILES string of the molecule is Cn1cnc(S(=O)(=O)N(Cc2ccco2)c2ccccn2)c1. The topological polar surface area (TPSA) is 81.2 Å². The van der Waals surface area contributed by atoms with E-state index in [4.69, 9.17) is 4.42 Å². The Morgan fingerprint density at radius 2 is 2.09 bits per heavy atom. The molecule has 0 bridgehead atoms. The fourth-order valence-electron chi connectivity index (χ4n) is 1.97. The van der Waals surface area contributed by atoms with Crippen LogP contribution in [0.1, 0.15) is 5.76 Å². The number of nitrogens with zero attached hydrogens (tertiary/aromatic N) is 4. The molecule has 8 heteroatoms. The summed E-state index contributed by atoms with van der Waals surface area (Å²) in [5.74, 6) is 0.828. The van der Waals surface area contributed by atoms with Gasteiger partial charge in [-0.2, -0.15) is 8.42 Å². The van der Waals surface area contributed by atoms with E-state index in [2.05, 4.69) is 9.97 Å². The van der Waals surface area contributed by atoms with Gasteiger partial charge in [0.15, 0.2) is 5.03 Å². The van der Waals surface area contributed by atoms with Crippen LogP contribution in [0.4, 0.5) is 5.82 Å². The average Bonchev–Trinajstić information content (AvgIpc) is 3.17. The third-order valence-corrected chi connectivity index (χ3v) is 4.66. The third kappa shape index (κ3) is 2.73. The van der Waals surface area contributed by atoms with E-state index >= 15 is 0 Å². The number of aryl methyl sites for hydroxylation is 1. The fraction of sp³-hybridized carbons (Fsp3) is 0.143. The largest absolute Gasteiger partial charge is 0.467 e. The van der Waals surface area contributed by atoms with E-state index in [1.165, 1.54) is 23.1 Å². The molecule has 114 valence electrons. The Labute approximate surface area is 127 Å². The average molecular weight is 318 g/mol. The minimum Gasteiger partial charge on any atom is -0.467 e. The first-order valence-electron chi connectivity index (χ1n) is 6.51. The Bertz CT molecular complexity index is 841. The molecule has 0 N–H and O–H groups in total. The van der Waals surface area contributed by atoms with Crippen molar-refractivity contribution < 1.29 is 12.8 Å². The predicted molar refractivity (Wildman–Crippen MR) is 79.5 cm³/mol. The van der Waals surface area contributed by atoms with E-state index in [0.29, 0.717) is 11.6 Å². The number of imidazole rings is 1. The van der Waals surface area contributed by atoms with Crippen molar-refractivity contribution in [2.45, 2.75) is 11.6 Å². The van der Waals surface area contributed by atoms with Crippen molar-refractivity contribution in [3.8, 4) is 0 Å². The highest BCUT2D eigenvalue weighted by Crippen LogP contribution is 2.23. The number of anilines is 1. The van der Waals surface area contributed by atoms with Crippen LogP contribution in [-0.2, 0) is 23.6 Å². The van der Waals surface area contributed by atoms with Crippen molar-refractivity contribution in [3.05, 3.63) is 61.1 Å². The summed E-state index contributed by atoms with van der Waals surface area (Å²) in [6.45, 7) is 0.0446. The van der Waals surface area contributed by atoms with Crippen LogP contribution < -0.4 is 4.31 Å². The van der Waals surface area contributed by atoms with Gasteiger partial charge in [-0.3, -0.25) is 0 Å². The van der Waals surface area contributed by atoms with Crippen LogP contribution in [0.15, 0.2) is 64.8 Å². The first-order chi connectivity index (χ1) is 10.6. The van der Waals surface area contributed by atoms with Crippen LogP contribution >= 0.6 is 0 Å². The molecule has 0 spiro atoms. The van der Waals surface area contributed by atoms with Gasteiger partial charge >= 0.3 is 0 Å². The molecular weight excluding hydrogens is 304 g/mol. The summed E-state index contributed by atoms with van der Waals surface area (Å²) in [5.41, 5.74) is 0. The lowest BCUT2D eigenvalue weighted by Gasteiger charge is -2.21. The van der Waals surface area contributed by atoms with Gasteiger partial charge in [0.05, 0.1) is 19.1 Å². The van der Waals surface area contributed by atoms with Gasteiger partial charge in [-0.1, -0.05) is 6.07 Å². The van der Waals surface area contributed by atoms with Gasteiger partial charge in [0, 0.05) is 19.4 Å². The number of aromatic nitrogens is 3. The molecule has 0 aliphatic carbocycles. The smallest absolute Gasteiger partial charge is 0.284 e. The Morgan fingerprint density at radius 1 is 1.23 bits per heavy atom. The molecule has 0 amide bonds. The molecule has 22 heavy (non-hydrogen) atoms. The van der Waals surface area contributed by atoms with Crippen molar-refractivity contribution in [1.82, 2.24) is 14.5 Å². The maximum atomic E-state index is 12.8. The third-order valence-electron chi connectivity index (χ3n) is 3.02. The molecule has 0 aromatic carbocycles. The zero-order valence-corrected chi connectivity index (χ0v) is 12.6. The monoisotopic (exact) mass is 318 g/mol. The van der Waals surface area contributed by atoms with Crippen LogP contribution in [-0.4, -0.2) is 23.0 Å². The highest BCUT2D eigenvalue weighted by molar-refractivity contribution is 7.92. The van der Waals surface area contributed by atoms with E-state index < -0.39 is 10.0 Å². The molecule has 0 unspecified atom stereocenters. The zero-order chi connectivity index (χ0) is 15.6. The summed E-state index contributed by atoms with van der Waals surface area (Å²) >= 11 is 0.